The Morgan fingerprint density at radius 1 is 1.58 bits per heavy atom. The summed E-state index contributed by atoms with van der Waals surface area (Å²) in [5.41, 5.74) is 8.70. The number of carbonyl (C=O) groups excluding carboxylic acids is 1. The van der Waals surface area contributed by atoms with Gasteiger partial charge in [0.1, 0.15) is 5.82 Å². The van der Waals surface area contributed by atoms with E-state index < -0.39 is 11.8 Å². The van der Waals surface area contributed by atoms with Crippen molar-refractivity contribution < 1.29 is 13.9 Å². The van der Waals surface area contributed by atoms with Crippen molar-refractivity contribution in [2.45, 2.75) is 13.3 Å². The number of azide groups is 1. The zero-order chi connectivity index (χ0) is 14.1. The number of nitrogens with zero attached hydrogens (tertiary/aromatic N) is 3. The molecule has 0 saturated carbocycles. The Labute approximate surface area is 110 Å². The highest BCUT2D eigenvalue weighted by Gasteiger charge is 2.12. The SMILES string of the molecule is CCOC(=O)c1cc(C=CCCN=[N+]=[N-])ccc1F. The summed E-state index contributed by atoms with van der Waals surface area (Å²) in [6, 6.07) is 4.21. The van der Waals surface area contributed by atoms with Crippen LogP contribution in [0.4, 0.5) is 4.39 Å². The van der Waals surface area contributed by atoms with Gasteiger partial charge in [-0.15, -0.1) is 0 Å². The lowest BCUT2D eigenvalue weighted by atomic mass is 10.1. The van der Waals surface area contributed by atoms with Crippen LogP contribution in [-0.2, 0) is 4.74 Å². The van der Waals surface area contributed by atoms with E-state index in [2.05, 4.69) is 10.0 Å². The van der Waals surface area contributed by atoms with Crippen LogP contribution < -0.4 is 0 Å². The molecular weight excluding hydrogens is 249 g/mol. The van der Waals surface area contributed by atoms with Crippen LogP contribution in [0.15, 0.2) is 29.4 Å². The van der Waals surface area contributed by atoms with E-state index in [-0.39, 0.29) is 12.2 Å². The lowest BCUT2D eigenvalue weighted by molar-refractivity contribution is 0.0521. The van der Waals surface area contributed by atoms with Gasteiger partial charge in [0.15, 0.2) is 0 Å². The second-order valence-corrected chi connectivity index (χ2v) is 3.61. The van der Waals surface area contributed by atoms with Crippen LogP contribution in [0.5, 0.6) is 0 Å². The van der Waals surface area contributed by atoms with Crippen LogP contribution in [0, 0.1) is 5.82 Å². The van der Waals surface area contributed by atoms with Crippen LogP contribution >= 0.6 is 0 Å². The van der Waals surface area contributed by atoms with E-state index in [0.29, 0.717) is 18.5 Å². The van der Waals surface area contributed by atoms with Crippen LogP contribution in [0.1, 0.15) is 29.3 Å². The molecule has 19 heavy (non-hydrogen) atoms. The van der Waals surface area contributed by atoms with E-state index in [1.807, 2.05) is 0 Å². The maximum absolute atomic E-state index is 13.5. The molecule has 0 unspecified atom stereocenters. The van der Waals surface area contributed by atoms with Gasteiger partial charge in [-0.05, 0) is 36.6 Å². The number of halogens is 1. The quantitative estimate of drug-likeness (QED) is 0.258. The average Bonchev–Trinajstić information content (AvgIpc) is 2.40. The van der Waals surface area contributed by atoms with E-state index in [9.17, 15) is 9.18 Å². The number of hydrogen-bond donors (Lipinski definition) is 0. The fourth-order valence-corrected chi connectivity index (χ4v) is 1.41. The first-order chi connectivity index (χ1) is 9.19. The number of esters is 1. The Bertz CT molecular complexity index is 523. The molecule has 100 valence electrons. The standard InChI is InChI=1S/C13H14FN3O2/c1-2-19-13(18)11-9-10(6-7-12(11)14)5-3-4-8-16-17-15/h3,5-7,9H,2,4,8H2,1H3. The van der Waals surface area contributed by atoms with Crippen molar-refractivity contribution >= 4 is 12.0 Å². The molecule has 0 aliphatic carbocycles. The van der Waals surface area contributed by atoms with E-state index in [1.165, 1.54) is 12.1 Å². The van der Waals surface area contributed by atoms with Gasteiger partial charge in [-0.2, -0.15) is 0 Å². The molecule has 1 rings (SSSR count). The fraction of sp³-hybridized carbons (Fsp3) is 0.308. The summed E-state index contributed by atoms with van der Waals surface area (Å²) in [6.07, 6.45) is 4.10. The lowest BCUT2D eigenvalue weighted by Gasteiger charge is -2.04. The smallest absolute Gasteiger partial charge is 0.341 e. The monoisotopic (exact) mass is 263 g/mol. The van der Waals surface area contributed by atoms with Gasteiger partial charge in [-0.1, -0.05) is 23.3 Å². The van der Waals surface area contributed by atoms with E-state index in [0.717, 1.165) is 0 Å². The van der Waals surface area contributed by atoms with E-state index >= 15 is 0 Å². The van der Waals surface area contributed by atoms with E-state index in [4.69, 9.17) is 10.3 Å². The minimum atomic E-state index is -0.677. The predicted octanol–water partition coefficient (Wildman–Crippen LogP) is 3.72. The van der Waals surface area contributed by atoms with Crippen LogP contribution in [0.3, 0.4) is 0 Å². The van der Waals surface area contributed by atoms with Crippen molar-refractivity contribution in [3.8, 4) is 0 Å². The lowest BCUT2D eigenvalue weighted by Crippen LogP contribution is -2.07. The number of carbonyl (C=O) groups is 1. The van der Waals surface area contributed by atoms with Crippen molar-refractivity contribution in [1.29, 1.82) is 0 Å². The van der Waals surface area contributed by atoms with Gasteiger partial charge in [-0.3, -0.25) is 0 Å². The average molecular weight is 263 g/mol. The molecule has 1 aromatic rings. The molecule has 0 aliphatic rings. The molecule has 0 amide bonds. The molecule has 5 nitrogen and oxygen atoms in total. The molecular formula is C13H14FN3O2. The minimum Gasteiger partial charge on any atom is -0.462 e. The van der Waals surface area contributed by atoms with Crippen LogP contribution in [0.25, 0.3) is 16.5 Å². The first-order valence-corrected chi connectivity index (χ1v) is 5.83. The van der Waals surface area contributed by atoms with Gasteiger partial charge >= 0.3 is 5.97 Å². The predicted molar refractivity (Wildman–Crippen MR) is 70.0 cm³/mol. The minimum absolute atomic E-state index is 0.0842. The second kappa shape index (κ2) is 7.89. The molecule has 0 saturated heterocycles. The highest BCUT2D eigenvalue weighted by molar-refractivity contribution is 5.90. The molecule has 6 heteroatoms. The Morgan fingerprint density at radius 3 is 3.05 bits per heavy atom. The Morgan fingerprint density at radius 2 is 2.37 bits per heavy atom. The normalized spacial score (nSPS) is 10.2. The molecule has 0 radical (unpaired) electrons. The summed E-state index contributed by atoms with van der Waals surface area (Å²) in [7, 11) is 0. The van der Waals surface area contributed by atoms with Crippen molar-refractivity contribution in [3.05, 3.63) is 51.7 Å². The van der Waals surface area contributed by atoms with Crippen molar-refractivity contribution in [2.24, 2.45) is 5.11 Å². The molecule has 0 fully saturated rings. The van der Waals surface area contributed by atoms with Crippen LogP contribution in [0.2, 0.25) is 0 Å². The van der Waals surface area contributed by atoms with Gasteiger partial charge in [0.2, 0.25) is 0 Å². The summed E-state index contributed by atoms with van der Waals surface area (Å²) in [4.78, 5) is 14.1. The van der Waals surface area contributed by atoms with Gasteiger partial charge < -0.3 is 4.74 Å². The summed E-state index contributed by atoms with van der Waals surface area (Å²) >= 11 is 0. The summed E-state index contributed by atoms with van der Waals surface area (Å²) in [5, 5.41) is 3.38. The van der Waals surface area contributed by atoms with Gasteiger partial charge in [0.25, 0.3) is 0 Å². The molecule has 0 bridgehead atoms. The molecule has 0 N–H and O–H groups in total. The third-order valence-corrected chi connectivity index (χ3v) is 2.26. The second-order valence-electron chi connectivity index (χ2n) is 3.61. The number of ether oxygens (including phenoxy) is 1. The zero-order valence-corrected chi connectivity index (χ0v) is 10.5. The molecule has 1 aromatic carbocycles. The van der Waals surface area contributed by atoms with Crippen molar-refractivity contribution in [3.63, 3.8) is 0 Å². The first kappa shape index (κ1) is 14.7. The van der Waals surface area contributed by atoms with Gasteiger partial charge in [0, 0.05) is 11.5 Å². The topological polar surface area (TPSA) is 75.1 Å². The van der Waals surface area contributed by atoms with Gasteiger partial charge in [0.05, 0.1) is 12.2 Å². The summed E-state index contributed by atoms with van der Waals surface area (Å²) < 4.78 is 18.2. The molecule has 0 aliphatic heterocycles. The first-order valence-electron chi connectivity index (χ1n) is 5.83. The Balaban J connectivity index is 2.78. The highest BCUT2D eigenvalue weighted by Crippen LogP contribution is 2.13. The Kier molecular flexibility index (Phi) is 6.12. The maximum atomic E-state index is 13.5. The van der Waals surface area contributed by atoms with Crippen molar-refractivity contribution in [2.75, 3.05) is 13.2 Å². The number of hydrogen-bond acceptors (Lipinski definition) is 3. The summed E-state index contributed by atoms with van der Waals surface area (Å²) in [6.45, 7) is 2.22. The molecule has 0 heterocycles. The maximum Gasteiger partial charge on any atom is 0.341 e. The largest absolute Gasteiger partial charge is 0.462 e. The molecule has 0 atom stereocenters. The Hall–Kier alpha value is -2.33. The van der Waals surface area contributed by atoms with Crippen molar-refractivity contribution in [1.82, 2.24) is 0 Å². The third kappa shape index (κ3) is 4.81. The molecule has 0 aromatic heterocycles. The number of benzene rings is 1. The zero-order valence-electron chi connectivity index (χ0n) is 10.5. The highest BCUT2D eigenvalue weighted by atomic mass is 19.1. The molecule has 0 spiro atoms. The van der Waals surface area contributed by atoms with Gasteiger partial charge in [-0.25, -0.2) is 9.18 Å². The van der Waals surface area contributed by atoms with Crippen LogP contribution in [-0.4, -0.2) is 19.1 Å². The summed E-state index contributed by atoms with van der Waals surface area (Å²) in [5.74, 6) is -1.28. The van der Waals surface area contributed by atoms with E-state index in [1.54, 1.807) is 25.1 Å². The number of rotatable bonds is 6. The fourth-order valence-electron chi connectivity index (χ4n) is 1.41. The third-order valence-electron chi connectivity index (χ3n) is 2.26.